The van der Waals surface area contributed by atoms with Crippen LogP contribution in [-0.4, -0.2) is 30.2 Å². The average Bonchev–Trinajstić information content (AvgIpc) is 2.67. The molecule has 0 heterocycles. The highest BCUT2D eigenvalue weighted by molar-refractivity contribution is 7.80. The minimum atomic E-state index is -0.377. The van der Waals surface area contributed by atoms with E-state index >= 15 is 0 Å². The third-order valence-corrected chi connectivity index (χ3v) is 3.95. The van der Waals surface area contributed by atoms with Crippen molar-refractivity contribution in [1.29, 1.82) is 0 Å². The van der Waals surface area contributed by atoms with Gasteiger partial charge in [-0.15, -0.1) is 0 Å². The fourth-order valence-electron chi connectivity index (χ4n) is 2.31. The van der Waals surface area contributed by atoms with Crippen LogP contribution >= 0.6 is 12.2 Å². The molecule has 2 rings (SSSR count). The quantitative estimate of drug-likeness (QED) is 0.398. The summed E-state index contributed by atoms with van der Waals surface area (Å²) < 4.78 is 10.5. The van der Waals surface area contributed by atoms with Crippen LogP contribution in [0.3, 0.4) is 0 Å². The molecule has 0 aliphatic carbocycles. The van der Waals surface area contributed by atoms with Crippen molar-refractivity contribution in [2.45, 2.75) is 26.7 Å². The molecule has 1 amide bonds. The van der Waals surface area contributed by atoms with Crippen molar-refractivity contribution < 1.29 is 19.1 Å². The van der Waals surface area contributed by atoms with Crippen LogP contribution in [0.1, 0.15) is 35.7 Å². The molecule has 28 heavy (non-hydrogen) atoms. The lowest BCUT2D eigenvalue weighted by Gasteiger charge is -2.10. The highest BCUT2D eigenvalue weighted by Gasteiger charge is 2.08. The number of amides is 1. The summed E-state index contributed by atoms with van der Waals surface area (Å²) in [6, 6.07) is 14.4. The topological polar surface area (TPSA) is 76.7 Å². The van der Waals surface area contributed by atoms with Crippen LogP contribution in [0.15, 0.2) is 48.5 Å². The maximum atomic E-state index is 12.0. The van der Waals surface area contributed by atoms with Gasteiger partial charge in [-0.05, 0) is 68.9 Å². The van der Waals surface area contributed by atoms with Crippen LogP contribution < -0.4 is 15.4 Å². The smallest absolute Gasteiger partial charge is 0.338 e. The number of hydrogen-bond donors (Lipinski definition) is 2. The van der Waals surface area contributed by atoms with Gasteiger partial charge in [0.05, 0.1) is 18.8 Å². The van der Waals surface area contributed by atoms with E-state index in [4.69, 9.17) is 21.7 Å². The van der Waals surface area contributed by atoms with Gasteiger partial charge in [-0.2, -0.15) is 0 Å². The molecule has 0 saturated heterocycles. The monoisotopic (exact) mass is 400 g/mol. The maximum absolute atomic E-state index is 12.0. The van der Waals surface area contributed by atoms with Gasteiger partial charge in [-0.1, -0.05) is 17.7 Å². The van der Waals surface area contributed by atoms with Crippen molar-refractivity contribution in [2.75, 3.05) is 18.5 Å². The number of hydrogen-bond acceptors (Lipinski definition) is 5. The van der Waals surface area contributed by atoms with Gasteiger partial charge in [0, 0.05) is 12.1 Å². The summed E-state index contributed by atoms with van der Waals surface area (Å²) in [4.78, 5) is 23.6. The minimum Gasteiger partial charge on any atom is -0.494 e. The van der Waals surface area contributed by atoms with E-state index in [1.807, 2.05) is 31.2 Å². The van der Waals surface area contributed by atoms with Gasteiger partial charge in [0.25, 0.3) is 0 Å². The molecule has 2 N–H and O–H groups in total. The molecule has 2 aromatic rings. The van der Waals surface area contributed by atoms with Crippen LogP contribution in [0, 0.1) is 6.92 Å². The molecule has 0 aliphatic rings. The first kappa shape index (κ1) is 21.4. The summed E-state index contributed by atoms with van der Waals surface area (Å²) in [6.07, 6.45) is 0.881. The Labute approximate surface area is 170 Å². The number of ether oxygens (including phenoxy) is 2. The fraction of sp³-hybridized carbons (Fsp3) is 0.286. The molecule has 0 spiro atoms. The van der Waals surface area contributed by atoms with Crippen molar-refractivity contribution in [3.63, 3.8) is 0 Å². The molecule has 148 valence electrons. The van der Waals surface area contributed by atoms with Gasteiger partial charge in [0.2, 0.25) is 5.91 Å². The van der Waals surface area contributed by atoms with E-state index in [-0.39, 0.29) is 17.0 Å². The number of rotatable bonds is 8. The third-order valence-electron chi connectivity index (χ3n) is 3.74. The zero-order valence-electron chi connectivity index (χ0n) is 16.0. The molecular weight excluding hydrogens is 376 g/mol. The van der Waals surface area contributed by atoms with Crippen molar-refractivity contribution >= 4 is 34.9 Å². The van der Waals surface area contributed by atoms with E-state index in [0.29, 0.717) is 37.3 Å². The van der Waals surface area contributed by atoms with E-state index in [9.17, 15) is 9.59 Å². The molecule has 0 fully saturated rings. The maximum Gasteiger partial charge on any atom is 0.338 e. The number of carbonyl (C=O) groups is 2. The summed E-state index contributed by atoms with van der Waals surface area (Å²) in [5, 5.41) is 5.74. The second-order valence-corrected chi connectivity index (χ2v) is 6.47. The molecule has 6 nitrogen and oxygen atoms in total. The standard InChI is InChI=1S/C21H24N2O4S/c1-3-26-20(25)16-8-10-17(11-9-16)22-21(28)23-19(24)5-4-14-27-18-12-6-15(2)7-13-18/h6-13H,3-5,14H2,1-2H3,(H2,22,23,24,28). The first-order valence-corrected chi connectivity index (χ1v) is 9.46. The van der Waals surface area contributed by atoms with Crippen LogP contribution in [0.25, 0.3) is 0 Å². The van der Waals surface area contributed by atoms with E-state index < -0.39 is 0 Å². The molecular formula is C21H24N2O4S. The van der Waals surface area contributed by atoms with Crippen LogP contribution in [0.4, 0.5) is 5.69 Å². The molecule has 0 aliphatic heterocycles. The molecule has 2 aromatic carbocycles. The predicted molar refractivity (Wildman–Crippen MR) is 113 cm³/mol. The number of nitrogens with one attached hydrogen (secondary N) is 2. The third kappa shape index (κ3) is 7.36. The Morgan fingerprint density at radius 1 is 1.04 bits per heavy atom. The number of benzene rings is 2. The Kier molecular flexibility index (Phi) is 8.42. The summed E-state index contributed by atoms with van der Waals surface area (Å²) in [6.45, 7) is 4.54. The van der Waals surface area contributed by atoms with E-state index in [0.717, 1.165) is 5.75 Å². The molecule has 7 heteroatoms. The Hall–Kier alpha value is -2.93. The van der Waals surface area contributed by atoms with Gasteiger partial charge in [0.15, 0.2) is 5.11 Å². The van der Waals surface area contributed by atoms with Crippen molar-refractivity contribution in [3.8, 4) is 5.75 Å². The van der Waals surface area contributed by atoms with Crippen molar-refractivity contribution in [1.82, 2.24) is 5.32 Å². The molecule has 0 radical (unpaired) electrons. The Balaban J connectivity index is 1.68. The lowest BCUT2D eigenvalue weighted by molar-refractivity contribution is -0.119. The largest absolute Gasteiger partial charge is 0.494 e. The van der Waals surface area contributed by atoms with Gasteiger partial charge >= 0.3 is 5.97 Å². The van der Waals surface area contributed by atoms with Crippen LogP contribution in [0.5, 0.6) is 5.75 Å². The Bertz CT molecular complexity index is 804. The number of anilines is 1. The summed E-state index contributed by atoms with van der Waals surface area (Å²) >= 11 is 5.14. The zero-order valence-corrected chi connectivity index (χ0v) is 16.8. The van der Waals surface area contributed by atoms with Crippen molar-refractivity contribution in [3.05, 3.63) is 59.7 Å². The van der Waals surface area contributed by atoms with E-state index in [1.54, 1.807) is 31.2 Å². The fourth-order valence-corrected chi connectivity index (χ4v) is 2.54. The molecule has 0 saturated carbocycles. The molecule has 0 unspecified atom stereocenters. The second-order valence-electron chi connectivity index (χ2n) is 6.07. The normalized spacial score (nSPS) is 10.1. The SMILES string of the molecule is CCOC(=O)c1ccc(NC(=S)NC(=O)CCCOc2ccc(C)cc2)cc1. The number of carbonyl (C=O) groups excluding carboxylic acids is 2. The predicted octanol–water partition coefficient (Wildman–Crippen LogP) is 3.84. The molecule has 0 bridgehead atoms. The highest BCUT2D eigenvalue weighted by Crippen LogP contribution is 2.12. The van der Waals surface area contributed by atoms with Gasteiger partial charge in [-0.3, -0.25) is 4.79 Å². The highest BCUT2D eigenvalue weighted by atomic mass is 32.1. The molecule has 0 atom stereocenters. The number of aryl methyl sites for hydroxylation is 1. The van der Waals surface area contributed by atoms with Crippen molar-refractivity contribution in [2.24, 2.45) is 0 Å². The van der Waals surface area contributed by atoms with Gasteiger partial charge in [-0.25, -0.2) is 4.79 Å². The number of esters is 1. The summed E-state index contributed by atoms with van der Waals surface area (Å²) in [5.41, 5.74) is 2.29. The first-order chi connectivity index (χ1) is 13.5. The number of thiocarbonyl (C=S) groups is 1. The zero-order chi connectivity index (χ0) is 20.4. The second kappa shape index (κ2) is 11.0. The van der Waals surface area contributed by atoms with Crippen LogP contribution in [-0.2, 0) is 9.53 Å². The van der Waals surface area contributed by atoms with Gasteiger partial charge in [0.1, 0.15) is 5.75 Å². The van der Waals surface area contributed by atoms with Crippen LogP contribution in [0.2, 0.25) is 0 Å². The Morgan fingerprint density at radius 3 is 2.36 bits per heavy atom. The lowest BCUT2D eigenvalue weighted by Crippen LogP contribution is -2.34. The molecule has 0 aromatic heterocycles. The summed E-state index contributed by atoms with van der Waals surface area (Å²) in [5.74, 6) is 0.223. The van der Waals surface area contributed by atoms with Gasteiger partial charge < -0.3 is 20.1 Å². The first-order valence-electron chi connectivity index (χ1n) is 9.05. The van der Waals surface area contributed by atoms with E-state index in [1.165, 1.54) is 5.56 Å². The Morgan fingerprint density at radius 2 is 1.71 bits per heavy atom. The van der Waals surface area contributed by atoms with E-state index in [2.05, 4.69) is 10.6 Å². The summed E-state index contributed by atoms with van der Waals surface area (Å²) in [7, 11) is 0. The average molecular weight is 401 g/mol. The lowest BCUT2D eigenvalue weighted by atomic mass is 10.2. The minimum absolute atomic E-state index is 0.187.